The number of hydrogen-bond donors (Lipinski definition) is 5. The van der Waals surface area contributed by atoms with Crippen molar-refractivity contribution in [2.24, 2.45) is 0 Å². The first kappa shape index (κ1) is 48.6. The number of halogens is 4. The van der Waals surface area contributed by atoms with E-state index in [4.69, 9.17) is 54.1 Å². The van der Waals surface area contributed by atoms with Crippen molar-refractivity contribution in [1.82, 2.24) is 29.9 Å². The highest BCUT2D eigenvalue weighted by Gasteiger charge is 2.18. The van der Waals surface area contributed by atoms with Crippen molar-refractivity contribution in [1.29, 1.82) is 0 Å². The van der Waals surface area contributed by atoms with E-state index in [0.717, 1.165) is 49.8 Å². The molecule has 0 amide bonds. The molecule has 0 atom stereocenters. The lowest BCUT2D eigenvalue weighted by atomic mass is 10.1. The van der Waals surface area contributed by atoms with E-state index >= 15 is 0 Å². The molecular formula is C47H54Cl3FN10O4. The van der Waals surface area contributed by atoms with Crippen LogP contribution in [0.3, 0.4) is 0 Å². The number of aryl methyl sites for hydroxylation is 1. The topological polar surface area (TPSA) is 173 Å². The summed E-state index contributed by atoms with van der Waals surface area (Å²) in [6.45, 7) is 1.87. The number of para-hydroxylation sites is 2. The number of hydrogen-bond acceptors (Lipinski definition) is 14. The smallest absolute Gasteiger partial charge is 0.328 e. The molecular weight excluding hydrogens is 894 g/mol. The summed E-state index contributed by atoms with van der Waals surface area (Å²) >= 11 is 18.4. The molecule has 344 valence electrons. The molecule has 2 aliphatic carbocycles. The molecule has 2 heterocycles. The summed E-state index contributed by atoms with van der Waals surface area (Å²) in [6.07, 6.45) is 14.2. The maximum Gasteiger partial charge on any atom is 0.328 e. The van der Waals surface area contributed by atoms with Crippen LogP contribution in [0.2, 0.25) is 15.3 Å². The Morgan fingerprint density at radius 3 is 1.49 bits per heavy atom. The van der Waals surface area contributed by atoms with Crippen molar-refractivity contribution in [3.63, 3.8) is 0 Å². The van der Waals surface area contributed by atoms with E-state index in [1.165, 1.54) is 50.7 Å². The number of nitrogens with zero attached hydrogens (tertiary/aromatic N) is 6. The zero-order valence-electron chi connectivity index (χ0n) is 36.6. The van der Waals surface area contributed by atoms with Gasteiger partial charge >= 0.3 is 6.01 Å². The second-order valence-electron chi connectivity index (χ2n) is 15.5. The molecule has 65 heavy (non-hydrogen) atoms. The van der Waals surface area contributed by atoms with Crippen LogP contribution >= 0.6 is 34.8 Å². The fourth-order valence-electron chi connectivity index (χ4n) is 7.14. The zero-order chi connectivity index (χ0) is 46.0. The first-order valence-corrected chi connectivity index (χ1v) is 22.8. The number of methoxy groups -OCH3 is 2. The number of nitrogens with one attached hydrogen (secondary N) is 4. The molecule has 0 spiro atoms. The van der Waals surface area contributed by atoms with Crippen LogP contribution in [-0.2, 0) is 0 Å². The second-order valence-corrected chi connectivity index (χ2v) is 16.6. The molecule has 0 aliphatic heterocycles. The van der Waals surface area contributed by atoms with Crippen molar-refractivity contribution in [2.45, 2.75) is 96.1 Å². The molecule has 0 radical (unpaired) electrons. The van der Waals surface area contributed by atoms with Gasteiger partial charge in [0.05, 0.1) is 24.3 Å². The lowest BCUT2D eigenvalue weighted by molar-refractivity contribution is 0.410. The summed E-state index contributed by atoms with van der Waals surface area (Å²) < 4.78 is 30.1. The molecule has 14 nitrogen and oxygen atoms in total. The minimum absolute atomic E-state index is 0.0108. The highest BCUT2D eigenvalue weighted by atomic mass is 35.5. The molecule has 0 unspecified atom stereocenters. The highest BCUT2D eigenvalue weighted by molar-refractivity contribution is 6.32. The Balaban J connectivity index is 0.000000188. The predicted octanol–water partition coefficient (Wildman–Crippen LogP) is 13.1. The van der Waals surface area contributed by atoms with Crippen molar-refractivity contribution in [3.8, 4) is 29.0 Å². The van der Waals surface area contributed by atoms with Gasteiger partial charge in [0.1, 0.15) is 17.2 Å². The second kappa shape index (κ2) is 25.0. The maximum atomic E-state index is 14.1. The van der Waals surface area contributed by atoms with Gasteiger partial charge in [-0.05, 0) is 104 Å². The number of ether oxygens (including phenoxy) is 3. The Morgan fingerprint density at radius 1 is 0.554 bits per heavy atom. The Kier molecular flexibility index (Phi) is 18.7. The van der Waals surface area contributed by atoms with Crippen molar-refractivity contribution in [2.75, 3.05) is 35.5 Å². The number of aromatic hydroxyl groups is 1. The van der Waals surface area contributed by atoms with Gasteiger partial charge in [0.15, 0.2) is 11.6 Å². The van der Waals surface area contributed by atoms with Gasteiger partial charge in [0.2, 0.25) is 29.1 Å². The van der Waals surface area contributed by atoms with Crippen LogP contribution in [0, 0.1) is 12.7 Å². The first-order chi connectivity index (χ1) is 31.5. The minimum Gasteiger partial charge on any atom is -0.508 e. The van der Waals surface area contributed by atoms with Crippen LogP contribution in [0.5, 0.6) is 29.0 Å². The zero-order valence-corrected chi connectivity index (χ0v) is 38.9. The Labute approximate surface area is 394 Å². The van der Waals surface area contributed by atoms with Gasteiger partial charge in [-0.2, -0.15) is 29.9 Å². The average molecular weight is 948 g/mol. The molecule has 4 aromatic carbocycles. The van der Waals surface area contributed by atoms with Crippen molar-refractivity contribution >= 4 is 70.0 Å². The monoisotopic (exact) mass is 946 g/mol. The molecule has 0 saturated heterocycles. The Hall–Kier alpha value is -5.90. The Morgan fingerprint density at radius 2 is 1.02 bits per heavy atom. The SMILES string of the molecule is COc1ccc(Nc2nc(Cl)nc(NC3CCCCCC3)n2)cc1Cl.COc1ccc(Nc2nc(NC3CCCCCC3)nc(Oc3ccccc3F)n2)cc1Cl.Cc1ccccc1O. The third-order valence-corrected chi connectivity index (χ3v) is 11.3. The quantitative estimate of drug-likeness (QED) is 0.0733. The van der Waals surface area contributed by atoms with Gasteiger partial charge in [-0.15, -0.1) is 0 Å². The third kappa shape index (κ3) is 15.6. The molecule has 2 aliphatic rings. The number of aromatic nitrogens is 6. The normalized spacial score (nSPS) is 14.2. The van der Waals surface area contributed by atoms with E-state index in [9.17, 15) is 4.39 Å². The fourth-order valence-corrected chi connectivity index (χ4v) is 7.82. The standard InChI is InChI=1S/C23H25ClFN5O2.C17H21Cl2N5O.C7H8O/c1-31-19-13-12-16(14-17(19)24)27-22-28-21(26-15-8-4-2-3-5-9-15)29-23(30-22)32-20-11-7-6-10-18(20)25;1-25-14-9-8-12(10-13(14)18)21-17-23-15(19)22-16(24-17)20-11-6-4-2-3-5-7-11;1-6-4-2-3-5-7(6)8/h6-7,10-15H,2-5,8-9H2,1H3,(H2,26,27,28,29,30);8-11H,2-7H2,1H3,(H2,20,21,22,23,24);2-5,8H,1H3. The molecule has 2 saturated carbocycles. The number of phenolic OH excluding ortho intramolecular Hbond substituents is 1. The van der Waals surface area contributed by atoms with Crippen LogP contribution in [0.1, 0.15) is 82.6 Å². The minimum atomic E-state index is -0.498. The summed E-state index contributed by atoms with van der Waals surface area (Å²) in [5.41, 5.74) is 2.33. The van der Waals surface area contributed by atoms with E-state index in [1.54, 1.807) is 62.8 Å². The fraction of sp³-hybridized carbons (Fsp3) is 0.362. The van der Waals surface area contributed by atoms with E-state index in [-0.39, 0.29) is 29.0 Å². The van der Waals surface area contributed by atoms with Crippen LogP contribution in [-0.4, -0.2) is 61.3 Å². The van der Waals surface area contributed by atoms with Crippen LogP contribution < -0.4 is 35.5 Å². The van der Waals surface area contributed by atoms with Crippen LogP contribution in [0.4, 0.5) is 39.6 Å². The van der Waals surface area contributed by atoms with E-state index in [1.807, 2.05) is 31.2 Å². The molecule has 2 fully saturated rings. The highest BCUT2D eigenvalue weighted by Crippen LogP contribution is 2.31. The molecule has 6 aromatic rings. The summed E-state index contributed by atoms with van der Waals surface area (Å²) in [5.74, 6) is 2.58. The van der Waals surface area contributed by atoms with Crippen LogP contribution in [0.15, 0.2) is 84.9 Å². The lowest BCUT2D eigenvalue weighted by Gasteiger charge is -2.17. The summed E-state index contributed by atoms with van der Waals surface area (Å²) in [4.78, 5) is 25.9. The van der Waals surface area contributed by atoms with Gasteiger partial charge in [-0.25, -0.2) is 4.39 Å². The summed E-state index contributed by atoms with van der Waals surface area (Å²) in [6, 6.07) is 24.6. The lowest BCUT2D eigenvalue weighted by Crippen LogP contribution is -2.20. The predicted molar refractivity (Wildman–Crippen MR) is 257 cm³/mol. The van der Waals surface area contributed by atoms with Gasteiger partial charge in [0.25, 0.3) is 0 Å². The van der Waals surface area contributed by atoms with Crippen molar-refractivity contribution < 1.29 is 23.7 Å². The Bertz CT molecular complexity index is 2420. The third-order valence-electron chi connectivity index (χ3n) is 10.6. The number of rotatable bonds is 12. The van der Waals surface area contributed by atoms with E-state index in [0.29, 0.717) is 56.9 Å². The molecule has 0 bridgehead atoms. The van der Waals surface area contributed by atoms with E-state index < -0.39 is 5.82 Å². The van der Waals surface area contributed by atoms with Crippen molar-refractivity contribution in [3.05, 3.63) is 112 Å². The summed E-state index contributed by atoms with van der Waals surface area (Å²) in [7, 11) is 3.13. The molecule has 18 heteroatoms. The average Bonchev–Trinajstić information content (AvgIpc) is 3.71. The van der Waals surface area contributed by atoms with Gasteiger partial charge in [0, 0.05) is 23.5 Å². The van der Waals surface area contributed by atoms with Gasteiger partial charge in [-0.3, -0.25) is 0 Å². The number of phenols is 1. The molecule has 5 N–H and O–H groups in total. The van der Waals surface area contributed by atoms with Gasteiger partial charge in [-0.1, -0.05) is 105 Å². The molecule has 8 rings (SSSR count). The maximum absolute atomic E-state index is 14.1. The summed E-state index contributed by atoms with van der Waals surface area (Å²) in [5, 5.41) is 23.0. The number of anilines is 6. The molecule has 2 aromatic heterocycles. The number of benzene rings is 4. The van der Waals surface area contributed by atoms with Crippen LogP contribution in [0.25, 0.3) is 0 Å². The largest absolute Gasteiger partial charge is 0.508 e. The van der Waals surface area contributed by atoms with Gasteiger partial charge < -0.3 is 40.6 Å². The first-order valence-electron chi connectivity index (χ1n) is 21.6. The van der Waals surface area contributed by atoms with E-state index in [2.05, 4.69) is 51.2 Å².